The van der Waals surface area contributed by atoms with E-state index in [0.717, 1.165) is 35.9 Å². The number of nitrogens with one attached hydrogen (secondary N) is 2. The molecule has 0 aliphatic heterocycles. The van der Waals surface area contributed by atoms with Crippen LogP contribution in [0.1, 0.15) is 22.3 Å². The van der Waals surface area contributed by atoms with Gasteiger partial charge in [-0.3, -0.25) is 0 Å². The Morgan fingerprint density at radius 3 is 2.52 bits per heavy atom. The third-order valence-corrected chi connectivity index (χ3v) is 4.06. The van der Waals surface area contributed by atoms with Crippen LogP contribution in [0.25, 0.3) is 0 Å². The molecule has 0 atom stereocenters. The molecule has 0 bridgehead atoms. The average molecular weight is 397 g/mol. The fourth-order valence-corrected chi connectivity index (χ4v) is 2.63. The van der Waals surface area contributed by atoms with E-state index in [1.54, 1.807) is 12.1 Å². The number of benzene rings is 2. The first-order valence-electron chi connectivity index (χ1n) is 7.78. The number of anilines is 1. The summed E-state index contributed by atoms with van der Waals surface area (Å²) < 4.78 is 39.1. The van der Waals surface area contributed by atoms with Gasteiger partial charge < -0.3 is 15.8 Å². The van der Waals surface area contributed by atoms with Crippen molar-refractivity contribution in [2.75, 3.05) is 5.32 Å². The first kappa shape index (κ1) is 20.5. The van der Waals surface area contributed by atoms with Gasteiger partial charge in [0.1, 0.15) is 0 Å². The van der Waals surface area contributed by atoms with Gasteiger partial charge in [0.05, 0.1) is 11.3 Å². The molecule has 0 fully saturated rings. The van der Waals surface area contributed by atoms with Gasteiger partial charge in [-0.1, -0.05) is 29.8 Å². The molecule has 0 unspecified atom stereocenters. The van der Waals surface area contributed by atoms with Crippen LogP contribution >= 0.6 is 11.6 Å². The van der Waals surface area contributed by atoms with Crippen molar-refractivity contribution in [3.8, 4) is 0 Å². The molecule has 2 aromatic carbocycles. The smallest absolute Gasteiger partial charge is 0.416 e. The van der Waals surface area contributed by atoms with Crippen molar-refractivity contribution in [3.05, 3.63) is 75.8 Å². The molecule has 0 amide bonds. The third-order valence-electron chi connectivity index (χ3n) is 3.71. The summed E-state index contributed by atoms with van der Waals surface area (Å²) in [6, 6.07) is 8.20. The summed E-state index contributed by atoms with van der Waals surface area (Å²) in [7, 11) is 0. The number of aliphatic carboxylic acids is 1. The maximum Gasteiger partial charge on any atom is 0.416 e. The van der Waals surface area contributed by atoms with E-state index in [2.05, 4.69) is 5.32 Å². The van der Waals surface area contributed by atoms with Crippen LogP contribution in [0.2, 0.25) is 5.02 Å². The molecule has 0 saturated carbocycles. The third kappa shape index (κ3) is 5.59. The Morgan fingerprint density at radius 2 is 1.93 bits per heavy atom. The minimum absolute atomic E-state index is 0.0569. The molecule has 142 valence electrons. The lowest BCUT2D eigenvalue weighted by Crippen LogP contribution is -2.11. The maximum absolute atomic E-state index is 13.0. The van der Waals surface area contributed by atoms with E-state index in [-0.39, 0.29) is 23.5 Å². The molecular formula is C19H16ClF3N2O2. The van der Waals surface area contributed by atoms with Crippen molar-refractivity contribution >= 4 is 29.0 Å². The summed E-state index contributed by atoms with van der Waals surface area (Å²) in [4.78, 5) is 10.6. The van der Waals surface area contributed by atoms with Crippen molar-refractivity contribution in [2.45, 2.75) is 19.6 Å². The predicted molar refractivity (Wildman–Crippen MR) is 98.6 cm³/mol. The van der Waals surface area contributed by atoms with E-state index in [0.29, 0.717) is 10.6 Å². The first-order valence-corrected chi connectivity index (χ1v) is 8.16. The van der Waals surface area contributed by atoms with E-state index in [4.69, 9.17) is 22.1 Å². The Morgan fingerprint density at radius 1 is 1.22 bits per heavy atom. The molecule has 0 aliphatic carbocycles. The van der Waals surface area contributed by atoms with Gasteiger partial charge in [0.15, 0.2) is 0 Å². The summed E-state index contributed by atoms with van der Waals surface area (Å²) in [5, 5.41) is 20.0. The number of alkyl halides is 3. The quantitative estimate of drug-likeness (QED) is 0.459. The number of carboxylic acids is 1. The van der Waals surface area contributed by atoms with Gasteiger partial charge in [0, 0.05) is 28.9 Å². The predicted octanol–water partition coefficient (Wildman–Crippen LogP) is 5.29. The molecule has 8 heteroatoms. The zero-order valence-corrected chi connectivity index (χ0v) is 14.9. The highest BCUT2D eigenvalue weighted by Crippen LogP contribution is 2.33. The standard InChI is InChI=1S/C19H16ClF3N2O2/c1-11-2-3-12(15(20)8-11)10-25-17-9-13(19(21,22)23)4-5-14(17)16(24)6-7-18(26)27/h2-9,24-25H,10H2,1H3,(H,26,27)/b7-6+,24-16?. The molecule has 0 spiro atoms. The van der Waals surface area contributed by atoms with Gasteiger partial charge in [-0.25, -0.2) is 4.79 Å². The molecule has 27 heavy (non-hydrogen) atoms. The number of rotatable bonds is 6. The molecule has 0 saturated heterocycles. The van der Waals surface area contributed by atoms with Crippen LogP contribution in [0.4, 0.5) is 18.9 Å². The number of carboxylic acid groups (broad SMARTS) is 1. The Labute approximate surface area is 158 Å². The van der Waals surface area contributed by atoms with Gasteiger partial charge in [0.2, 0.25) is 0 Å². The first-order chi connectivity index (χ1) is 12.6. The molecule has 2 rings (SSSR count). The number of aryl methyl sites for hydroxylation is 1. The van der Waals surface area contributed by atoms with Crippen LogP contribution in [-0.2, 0) is 17.5 Å². The van der Waals surface area contributed by atoms with Gasteiger partial charge in [-0.05, 0) is 42.3 Å². The van der Waals surface area contributed by atoms with Crippen molar-refractivity contribution in [1.82, 2.24) is 0 Å². The van der Waals surface area contributed by atoms with Crippen LogP contribution in [0.5, 0.6) is 0 Å². The van der Waals surface area contributed by atoms with Gasteiger partial charge >= 0.3 is 12.1 Å². The Kier molecular flexibility index (Phi) is 6.28. The lowest BCUT2D eigenvalue weighted by Gasteiger charge is -2.16. The van der Waals surface area contributed by atoms with Gasteiger partial charge in [-0.15, -0.1) is 0 Å². The van der Waals surface area contributed by atoms with Crippen molar-refractivity contribution in [1.29, 1.82) is 5.41 Å². The molecule has 0 heterocycles. The largest absolute Gasteiger partial charge is 0.478 e. The fourth-order valence-electron chi connectivity index (χ4n) is 2.33. The SMILES string of the molecule is Cc1ccc(CNc2cc(C(F)(F)F)ccc2C(=N)/C=C/C(=O)O)c(Cl)c1. The van der Waals surface area contributed by atoms with Crippen molar-refractivity contribution in [2.24, 2.45) is 0 Å². The monoisotopic (exact) mass is 396 g/mol. The number of halogens is 4. The zero-order valence-electron chi connectivity index (χ0n) is 14.2. The Balaban J connectivity index is 2.37. The van der Waals surface area contributed by atoms with E-state index in [1.165, 1.54) is 0 Å². The molecule has 0 aromatic heterocycles. The summed E-state index contributed by atoms with van der Waals surface area (Å²) in [6.45, 7) is 2.01. The van der Waals surface area contributed by atoms with E-state index >= 15 is 0 Å². The van der Waals surface area contributed by atoms with Crippen LogP contribution in [0, 0.1) is 12.3 Å². The van der Waals surface area contributed by atoms with E-state index in [9.17, 15) is 18.0 Å². The Bertz CT molecular complexity index is 908. The number of hydrogen-bond donors (Lipinski definition) is 3. The van der Waals surface area contributed by atoms with Crippen LogP contribution in [0.3, 0.4) is 0 Å². The molecular weight excluding hydrogens is 381 g/mol. The second-order valence-corrected chi connectivity index (χ2v) is 6.20. The molecule has 3 N–H and O–H groups in total. The highest BCUT2D eigenvalue weighted by Gasteiger charge is 2.31. The highest BCUT2D eigenvalue weighted by molar-refractivity contribution is 6.31. The second kappa shape index (κ2) is 8.26. The summed E-state index contributed by atoms with van der Waals surface area (Å²) in [5.74, 6) is -1.26. The lowest BCUT2D eigenvalue weighted by molar-refractivity contribution is -0.137. The zero-order chi connectivity index (χ0) is 20.2. The van der Waals surface area contributed by atoms with Crippen LogP contribution in [0.15, 0.2) is 48.6 Å². The van der Waals surface area contributed by atoms with Crippen LogP contribution < -0.4 is 5.32 Å². The van der Waals surface area contributed by atoms with E-state index < -0.39 is 17.7 Å². The summed E-state index contributed by atoms with van der Waals surface area (Å²) in [6.07, 6.45) is -2.79. The van der Waals surface area contributed by atoms with Crippen LogP contribution in [-0.4, -0.2) is 16.8 Å². The van der Waals surface area contributed by atoms with Crippen molar-refractivity contribution < 1.29 is 23.1 Å². The number of hydrogen-bond acceptors (Lipinski definition) is 3. The molecule has 0 aliphatic rings. The molecule has 2 aromatic rings. The number of allylic oxidation sites excluding steroid dienone is 1. The summed E-state index contributed by atoms with van der Waals surface area (Å²) >= 11 is 6.15. The van der Waals surface area contributed by atoms with Crippen molar-refractivity contribution in [3.63, 3.8) is 0 Å². The van der Waals surface area contributed by atoms with Gasteiger partial charge in [-0.2, -0.15) is 13.2 Å². The molecule has 0 radical (unpaired) electrons. The normalized spacial score (nSPS) is 11.6. The average Bonchev–Trinajstić information content (AvgIpc) is 2.58. The summed E-state index contributed by atoms with van der Waals surface area (Å²) in [5.41, 5.74) is 0.718. The Hall–Kier alpha value is -2.80. The van der Waals surface area contributed by atoms with Gasteiger partial charge in [0.25, 0.3) is 0 Å². The lowest BCUT2D eigenvalue weighted by atomic mass is 10.0. The second-order valence-electron chi connectivity index (χ2n) is 5.79. The maximum atomic E-state index is 13.0. The number of carbonyl (C=O) groups is 1. The molecule has 4 nitrogen and oxygen atoms in total. The topological polar surface area (TPSA) is 73.2 Å². The van der Waals surface area contributed by atoms with E-state index in [1.807, 2.05) is 13.0 Å². The minimum atomic E-state index is -4.55. The highest BCUT2D eigenvalue weighted by atomic mass is 35.5. The minimum Gasteiger partial charge on any atom is -0.478 e. The fraction of sp³-hybridized carbons (Fsp3) is 0.158.